The van der Waals surface area contributed by atoms with Gasteiger partial charge in [0.1, 0.15) is 16.7 Å². The highest BCUT2D eigenvalue weighted by atomic mass is 35.5. The Morgan fingerprint density at radius 1 is 1.56 bits per heavy atom. The van der Waals surface area contributed by atoms with E-state index in [1.165, 1.54) is 18.3 Å². The number of nitro groups is 1. The van der Waals surface area contributed by atoms with Crippen LogP contribution in [0.15, 0.2) is 30.0 Å². The van der Waals surface area contributed by atoms with Crippen molar-refractivity contribution in [3.05, 3.63) is 45.1 Å². The smallest absolute Gasteiger partial charge is 0.289 e. The van der Waals surface area contributed by atoms with Crippen molar-refractivity contribution >= 4 is 38.7 Å². The molecule has 0 spiro atoms. The van der Waals surface area contributed by atoms with Crippen molar-refractivity contribution < 1.29 is 18.1 Å². The molecule has 9 nitrogen and oxygen atoms in total. The third-order valence-corrected chi connectivity index (χ3v) is 6.17. The topological polar surface area (TPSA) is 133 Å². The highest BCUT2D eigenvalue weighted by Gasteiger charge is 2.31. The van der Waals surface area contributed by atoms with Crippen LogP contribution in [0.3, 0.4) is 0 Å². The number of benzene rings is 1. The molecule has 0 bridgehead atoms. The van der Waals surface area contributed by atoms with E-state index < -0.39 is 20.7 Å². The van der Waals surface area contributed by atoms with Gasteiger partial charge in [0.25, 0.3) is 11.6 Å². The van der Waals surface area contributed by atoms with Gasteiger partial charge >= 0.3 is 0 Å². The molecule has 1 aliphatic heterocycles. The van der Waals surface area contributed by atoms with Gasteiger partial charge in [-0.2, -0.15) is 5.26 Å². The Kier molecular flexibility index (Phi) is 6.41. The summed E-state index contributed by atoms with van der Waals surface area (Å²) < 4.78 is 23.3. The summed E-state index contributed by atoms with van der Waals surface area (Å²) in [4.78, 5) is 24.2. The average Bonchev–Trinajstić information content (AvgIpc) is 2.97. The maximum absolute atomic E-state index is 12.4. The van der Waals surface area contributed by atoms with Gasteiger partial charge in [-0.25, -0.2) is 8.42 Å². The monoisotopic (exact) mass is 412 g/mol. The lowest BCUT2D eigenvalue weighted by molar-refractivity contribution is -0.384. The lowest BCUT2D eigenvalue weighted by atomic mass is 10.2. The largest absolute Gasteiger partial charge is 0.372 e. The van der Waals surface area contributed by atoms with Gasteiger partial charge in [-0.1, -0.05) is 11.6 Å². The molecule has 0 aliphatic carbocycles. The second kappa shape index (κ2) is 8.37. The lowest BCUT2D eigenvalue weighted by Gasteiger charge is -2.25. The summed E-state index contributed by atoms with van der Waals surface area (Å²) in [5.74, 6) is -0.709. The Bertz CT molecular complexity index is 939. The van der Waals surface area contributed by atoms with Crippen molar-refractivity contribution in [2.75, 3.05) is 23.4 Å². The molecule has 1 amide bonds. The minimum atomic E-state index is -3.11. The van der Waals surface area contributed by atoms with Crippen molar-refractivity contribution in [1.29, 1.82) is 5.26 Å². The van der Waals surface area contributed by atoms with E-state index in [4.69, 9.17) is 11.6 Å². The third kappa shape index (κ3) is 5.18. The van der Waals surface area contributed by atoms with Crippen LogP contribution in [-0.4, -0.2) is 48.2 Å². The number of nitriles is 1. The molecule has 0 saturated carbocycles. The fraction of sp³-hybridized carbons (Fsp3) is 0.375. The minimum absolute atomic E-state index is 0.0267. The molecule has 0 radical (unpaired) electrons. The third-order valence-electron chi connectivity index (χ3n) is 4.10. The van der Waals surface area contributed by atoms with Crippen LogP contribution in [0.4, 0.5) is 11.4 Å². The van der Waals surface area contributed by atoms with E-state index in [-0.39, 0.29) is 39.5 Å². The fourth-order valence-electron chi connectivity index (χ4n) is 2.72. The van der Waals surface area contributed by atoms with Gasteiger partial charge in [-0.05, 0) is 25.5 Å². The SMILES string of the molecule is CCN(/C=C(/C#N)C(=O)Nc1ccc(Cl)c([N+](=O)[O-])c1)C1CCS(=O)(=O)C1. The summed E-state index contributed by atoms with van der Waals surface area (Å²) in [6.07, 6.45) is 1.75. The number of amides is 1. The zero-order valence-corrected chi connectivity index (χ0v) is 16.0. The number of halogens is 1. The van der Waals surface area contributed by atoms with E-state index >= 15 is 0 Å². The van der Waals surface area contributed by atoms with Crippen LogP contribution in [0.5, 0.6) is 0 Å². The summed E-state index contributed by atoms with van der Waals surface area (Å²) in [6, 6.07) is 5.22. The highest BCUT2D eigenvalue weighted by Crippen LogP contribution is 2.27. The standard InChI is InChI=1S/C16H17ClN4O5S/c1-2-20(13-5-6-27(25,26)10-13)9-11(8-18)16(22)19-12-3-4-14(17)15(7-12)21(23)24/h3-4,7,9,13H,2,5-6,10H2,1H3,(H,19,22)/b11-9-. The van der Waals surface area contributed by atoms with E-state index in [0.717, 1.165) is 6.07 Å². The molecular formula is C16H17ClN4O5S. The second-order valence-corrected chi connectivity index (χ2v) is 8.56. The predicted molar refractivity (Wildman–Crippen MR) is 99.9 cm³/mol. The molecule has 2 rings (SSSR count). The maximum Gasteiger partial charge on any atom is 0.289 e. The number of rotatable bonds is 6. The van der Waals surface area contributed by atoms with Crippen LogP contribution < -0.4 is 5.32 Å². The number of nitrogens with zero attached hydrogens (tertiary/aromatic N) is 3. The quantitative estimate of drug-likeness (QED) is 0.327. The minimum Gasteiger partial charge on any atom is -0.372 e. The highest BCUT2D eigenvalue weighted by molar-refractivity contribution is 7.91. The molecule has 11 heteroatoms. The van der Waals surface area contributed by atoms with Crippen LogP contribution in [0.2, 0.25) is 5.02 Å². The van der Waals surface area contributed by atoms with E-state index in [1.807, 2.05) is 0 Å². The molecular weight excluding hydrogens is 396 g/mol. The number of nitrogens with one attached hydrogen (secondary N) is 1. The van der Waals surface area contributed by atoms with Gasteiger partial charge < -0.3 is 10.2 Å². The Balaban J connectivity index is 2.20. The molecule has 1 atom stereocenters. The molecule has 27 heavy (non-hydrogen) atoms. The molecule has 1 aromatic carbocycles. The van der Waals surface area contributed by atoms with E-state index in [0.29, 0.717) is 13.0 Å². The molecule has 1 N–H and O–H groups in total. The fourth-order valence-corrected chi connectivity index (χ4v) is 4.65. The average molecular weight is 413 g/mol. The van der Waals surface area contributed by atoms with Crippen molar-refractivity contribution in [3.63, 3.8) is 0 Å². The number of sulfone groups is 1. The summed E-state index contributed by atoms with van der Waals surface area (Å²) >= 11 is 5.73. The number of carbonyl (C=O) groups excluding carboxylic acids is 1. The lowest BCUT2D eigenvalue weighted by Crippen LogP contribution is -2.32. The molecule has 1 aliphatic rings. The summed E-state index contributed by atoms with van der Waals surface area (Å²) in [5, 5.41) is 22.6. The van der Waals surface area contributed by atoms with Gasteiger partial charge in [-0.15, -0.1) is 0 Å². The van der Waals surface area contributed by atoms with E-state index in [1.54, 1.807) is 17.9 Å². The Morgan fingerprint density at radius 3 is 2.78 bits per heavy atom. The first-order valence-corrected chi connectivity index (χ1v) is 10.2. The maximum atomic E-state index is 12.4. The number of nitro benzene ring substituents is 1. The predicted octanol–water partition coefficient (Wildman–Crippen LogP) is 2.10. The normalized spacial score (nSPS) is 18.6. The number of carbonyl (C=O) groups is 1. The van der Waals surface area contributed by atoms with Crippen molar-refractivity contribution in [3.8, 4) is 6.07 Å². The molecule has 1 saturated heterocycles. The Hall–Kier alpha value is -2.64. The van der Waals surface area contributed by atoms with Gasteiger partial charge in [0.15, 0.2) is 9.84 Å². The number of hydrogen-bond acceptors (Lipinski definition) is 7. The summed E-state index contributed by atoms with van der Waals surface area (Å²) in [7, 11) is -3.11. The first kappa shape index (κ1) is 20.7. The molecule has 1 aromatic rings. The van der Waals surface area contributed by atoms with Crippen molar-refractivity contribution in [2.24, 2.45) is 0 Å². The zero-order valence-electron chi connectivity index (χ0n) is 14.4. The van der Waals surface area contributed by atoms with Gasteiger partial charge in [-0.3, -0.25) is 14.9 Å². The zero-order chi connectivity index (χ0) is 20.2. The Morgan fingerprint density at radius 2 is 2.26 bits per heavy atom. The van der Waals surface area contributed by atoms with Crippen LogP contribution in [0.1, 0.15) is 13.3 Å². The van der Waals surface area contributed by atoms with Gasteiger partial charge in [0.05, 0.1) is 16.4 Å². The molecule has 1 fully saturated rings. The molecule has 1 heterocycles. The second-order valence-electron chi connectivity index (χ2n) is 5.92. The molecule has 144 valence electrons. The Labute approximate surface area is 161 Å². The van der Waals surface area contributed by atoms with Crippen LogP contribution >= 0.6 is 11.6 Å². The number of hydrogen-bond donors (Lipinski definition) is 1. The van der Waals surface area contributed by atoms with Crippen molar-refractivity contribution in [2.45, 2.75) is 19.4 Å². The summed E-state index contributed by atoms with van der Waals surface area (Å²) in [5.41, 5.74) is -0.495. The number of anilines is 1. The van der Waals surface area contributed by atoms with Gasteiger partial charge in [0, 0.05) is 30.5 Å². The van der Waals surface area contributed by atoms with E-state index in [2.05, 4.69) is 5.32 Å². The molecule has 0 aromatic heterocycles. The van der Waals surface area contributed by atoms with Crippen LogP contribution in [0.25, 0.3) is 0 Å². The molecule has 1 unspecified atom stereocenters. The van der Waals surface area contributed by atoms with Crippen molar-refractivity contribution in [1.82, 2.24) is 4.90 Å². The first-order chi connectivity index (χ1) is 12.7. The van der Waals surface area contributed by atoms with Gasteiger partial charge in [0.2, 0.25) is 0 Å². The van der Waals surface area contributed by atoms with Crippen LogP contribution in [0, 0.1) is 21.4 Å². The first-order valence-electron chi connectivity index (χ1n) is 8.00. The van der Waals surface area contributed by atoms with Crippen LogP contribution in [-0.2, 0) is 14.6 Å². The summed E-state index contributed by atoms with van der Waals surface area (Å²) in [6.45, 7) is 2.21. The van der Waals surface area contributed by atoms with E-state index in [9.17, 15) is 28.6 Å².